The molecule has 0 bridgehead atoms. The SMILES string of the molecule is O=C(Cc1noc(Cc2ccc3[nH]c(=O)[nH]c3c2)n1)NCc1ccco1. The lowest BCUT2D eigenvalue weighted by Gasteiger charge is -2.00. The van der Waals surface area contributed by atoms with Crippen LogP contribution in [0.25, 0.3) is 11.0 Å². The zero-order chi connectivity index (χ0) is 17.9. The number of nitrogens with one attached hydrogen (secondary N) is 3. The summed E-state index contributed by atoms with van der Waals surface area (Å²) in [5.41, 5.74) is 2.10. The van der Waals surface area contributed by atoms with Crippen LogP contribution in [0.1, 0.15) is 23.0 Å². The molecule has 1 amide bonds. The topological polar surface area (TPSA) is 130 Å². The van der Waals surface area contributed by atoms with Crippen LogP contribution in [0.15, 0.2) is 50.3 Å². The molecule has 132 valence electrons. The number of aromatic amines is 2. The highest BCUT2D eigenvalue weighted by molar-refractivity contribution is 5.77. The number of rotatable bonds is 6. The first-order valence-electron chi connectivity index (χ1n) is 7.97. The van der Waals surface area contributed by atoms with E-state index < -0.39 is 0 Å². The van der Waals surface area contributed by atoms with Crippen LogP contribution in [-0.4, -0.2) is 26.0 Å². The van der Waals surface area contributed by atoms with E-state index in [0.29, 0.717) is 36.0 Å². The third kappa shape index (κ3) is 3.56. The molecule has 3 aromatic heterocycles. The number of furan rings is 1. The minimum atomic E-state index is -0.252. The number of fused-ring (bicyclic) bond motifs is 1. The molecule has 0 saturated heterocycles. The van der Waals surface area contributed by atoms with Gasteiger partial charge in [0, 0.05) is 0 Å². The van der Waals surface area contributed by atoms with E-state index in [1.807, 2.05) is 18.2 Å². The Bertz CT molecular complexity index is 1090. The van der Waals surface area contributed by atoms with Gasteiger partial charge in [-0.05, 0) is 29.8 Å². The summed E-state index contributed by atoms with van der Waals surface area (Å²) in [5, 5.41) is 6.55. The predicted octanol–water partition coefficient (Wildman–Crippen LogP) is 1.28. The number of H-pyrrole nitrogens is 2. The maximum Gasteiger partial charge on any atom is 0.323 e. The van der Waals surface area contributed by atoms with Gasteiger partial charge in [0.25, 0.3) is 0 Å². The summed E-state index contributed by atoms with van der Waals surface area (Å²) in [5.74, 6) is 1.16. The van der Waals surface area contributed by atoms with Crippen molar-refractivity contribution in [3.8, 4) is 0 Å². The molecule has 0 unspecified atom stereocenters. The number of hydrogen-bond acceptors (Lipinski definition) is 6. The molecule has 0 radical (unpaired) electrons. The average molecular weight is 353 g/mol. The maximum atomic E-state index is 11.9. The van der Waals surface area contributed by atoms with Crippen LogP contribution in [0, 0.1) is 0 Å². The lowest BCUT2D eigenvalue weighted by atomic mass is 10.1. The van der Waals surface area contributed by atoms with E-state index in [1.165, 1.54) is 0 Å². The first kappa shape index (κ1) is 15.9. The Hall–Kier alpha value is -3.62. The Kier molecular flexibility index (Phi) is 4.10. The van der Waals surface area contributed by atoms with Gasteiger partial charge in [0.15, 0.2) is 5.82 Å². The molecular formula is C17H15N5O4. The van der Waals surface area contributed by atoms with Crippen molar-refractivity contribution in [1.82, 2.24) is 25.4 Å². The van der Waals surface area contributed by atoms with E-state index in [2.05, 4.69) is 25.4 Å². The van der Waals surface area contributed by atoms with Crippen LogP contribution in [-0.2, 0) is 24.2 Å². The van der Waals surface area contributed by atoms with Gasteiger partial charge in [0.1, 0.15) is 5.76 Å². The first-order valence-corrected chi connectivity index (χ1v) is 7.97. The van der Waals surface area contributed by atoms with Crippen molar-refractivity contribution in [2.45, 2.75) is 19.4 Å². The highest BCUT2D eigenvalue weighted by Crippen LogP contribution is 2.13. The van der Waals surface area contributed by atoms with Crippen molar-refractivity contribution in [1.29, 1.82) is 0 Å². The maximum absolute atomic E-state index is 11.9. The van der Waals surface area contributed by atoms with Crippen molar-refractivity contribution >= 4 is 16.9 Å². The molecule has 26 heavy (non-hydrogen) atoms. The van der Waals surface area contributed by atoms with Gasteiger partial charge in [-0.15, -0.1) is 0 Å². The Balaban J connectivity index is 1.37. The van der Waals surface area contributed by atoms with Gasteiger partial charge < -0.3 is 24.2 Å². The van der Waals surface area contributed by atoms with Crippen LogP contribution < -0.4 is 11.0 Å². The second-order valence-corrected chi connectivity index (χ2v) is 5.77. The fraction of sp³-hybridized carbons (Fsp3) is 0.176. The summed E-state index contributed by atoms with van der Waals surface area (Å²) in [4.78, 5) is 32.8. The predicted molar refractivity (Wildman–Crippen MR) is 90.3 cm³/mol. The molecule has 0 aliphatic heterocycles. The Morgan fingerprint density at radius 1 is 1.19 bits per heavy atom. The molecule has 9 nitrogen and oxygen atoms in total. The van der Waals surface area contributed by atoms with Crippen LogP contribution in [0.5, 0.6) is 0 Å². The standard InChI is InChI=1S/C17H15N5O4/c23-15(18-9-11-2-1-5-25-11)8-14-21-16(26-22-14)7-10-3-4-12-13(6-10)20-17(24)19-12/h1-6H,7-9H2,(H,18,23)(H2,19,20,24). The van der Waals surface area contributed by atoms with E-state index >= 15 is 0 Å². The molecule has 9 heteroatoms. The minimum absolute atomic E-state index is 0.0222. The summed E-state index contributed by atoms with van der Waals surface area (Å²) >= 11 is 0. The number of carbonyl (C=O) groups is 1. The van der Waals surface area contributed by atoms with E-state index in [0.717, 1.165) is 11.1 Å². The summed E-state index contributed by atoms with van der Waals surface area (Å²) in [6.45, 7) is 0.311. The van der Waals surface area contributed by atoms with Gasteiger partial charge in [0.2, 0.25) is 11.8 Å². The number of benzene rings is 1. The van der Waals surface area contributed by atoms with Gasteiger partial charge in [-0.2, -0.15) is 4.98 Å². The Morgan fingerprint density at radius 2 is 2.08 bits per heavy atom. The fourth-order valence-electron chi connectivity index (χ4n) is 2.60. The zero-order valence-electron chi connectivity index (χ0n) is 13.6. The molecule has 4 aromatic rings. The lowest BCUT2D eigenvalue weighted by Crippen LogP contribution is -2.24. The van der Waals surface area contributed by atoms with E-state index in [9.17, 15) is 9.59 Å². The number of carbonyl (C=O) groups excluding carboxylic acids is 1. The van der Waals surface area contributed by atoms with Crippen molar-refractivity contribution in [2.24, 2.45) is 0 Å². The number of aromatic nitrogens is 4. The van der Waals surface area contributed by atoms with E-state index in [-0.39, 0.29) is 18.0 Å². The summed E-state index contributed by atoms with van der Waals surface area (Å²) < 4.78 is 10.3. The molecule has 0 atom stereocenters. The number of hydrogen-bond donors (Lipinski definition) is 3. The third-order valence-electron chi connectivity index (χ3n) is 3.80. The first-order chi connectivity index (χ1) is 12.7. The summed E-state index contributed by atoms with van der Waals surface area (Å²) in [7, 11) is 0. The Morgan fingerprint density at radius 3 is 2.92 bits per heavy atom. The summed E-state index contributed by atoms with van der Waals surface area (Å²) in [6, 6.07) is 9.05. The van der Waals surface area contributed by atoms with Crippen molar-refractivity contribution < 1.29 is 13.7 Å². The van der Waals surface area contributed by atoms with Gasteiger partial charge in [-0.3, -0.25) is 4.79 Å². The average Bonchev–Trinajstić information content (AvgIpc) is 3.33. The van der Waals surface area contributed by atoms with Crippen LogP contribution >= 0.6 is 0 Å². The quantitative estimate of drug-likeness (QED) is 0.479. The minimum Gasteiger partial charge on any atom is -0.467 e. The normalized spacial score (nSPS) is 11.1. The molecule has 0 aliphatic rings. The molecule has 1 aromatic carbocycles. The highest BCUT2D eigenvalue weighted by Gasteiger charge is 2.12. The fourth-order valence-corrected chi connectivity index (χ4v) is 2.60. The molecule has 4 rings (SSSR count). The largest absolute Gasteiger partial charge is 0.467 e. The zero-order valence-corrected chi connectivity index (χ0v) is 13.6. The lowest BCUT2D eigenvalue weighted by molar-refractivity contribution is -0.120. The van der Waals surface area contributed by atoms with Crippen molar-refractivity contribution in [3.63, 3.8) is 0 Å². The van der Waals surface area contributed by atoms with Gasteiger partial charge in [0.05, 0.1) is 36.7 Å². The molecule has 0 spiro atoms. The van der Waals surface area contributed by atoms with Gasteiger partial charge in [-0.1, -0.05) is 11.2 Å². The number of nitrogens with zero attached hydrogens (tertiary/aromatic N) is 2. The van der Waals surface area contributed by atoms with Gasteiger partial charge in [-0.25, -0.2) is 4.79 Å². The van der Waals surface area contributed by atoms with Crippen molar-refractivity contribution in [2.75, 3.05) is 0 Å². The second kappa shape index (κ2) is 6.71. The molecule has 0 fully saturated rings. The van der Waals surface area contributed by atoms with Crippen LogP contribution in [0.2, 0.25) is 0 Å². The summed E-state index contributed by atoms with van der Waals surface area (Å²) in [6.07, 6.45) is 1.98. The van der Waals surface area contributed by atoms with E-state index in [4.69, 9.17) is 8.94 Å². The van der Waals surface area contributed by atoms with E-state index in [1.54, 1.807) is 18.4 Å². The third-order valence-corrected chi connectivity index (χ3v) is 3.80. The Labute approximate surface area is 146 Å². The molecular weight excluding hydrogens is 338 g/mol. The molecule has 0 saturated carbocycles. The number of amides is 1. The molecule has 3 heterocycles. The molecule has 0 aliphatic carbocycles. The van der Waals surface area contributed by atoms with Crippen LogP contribution in [0.3, 0.4) is 0 Å². The monoisotopic (exact) mass is 353 g/mol. The smallest absolute Gasteiger partial charge is 0.323 e. The second-order valence-electron chi connectivity index (χ2n) is 5.77. The highest BCUT2D eigenvalue weighted by atomic mass is 16.5. The number of imidazole rings is 1. The van der Waals surface area contributed by atoms with Gasteiger partial charge >= 0.3 is 5.69 Å². The molecule has 3 N–H and O–H groups in total. The van der Waals surface area contributed by atoms with Crippen molar-refractivity contribution in [3.05, 3.63) is 70.1 Å². The van der Waals surface area contributed by atoms with Crippen LogP contribution in [0.4, 0.5) is 0 Å².